The van der Waals surface area contributed by atoms with Crippen LogP contribution in [-0.4, -0.2) is 11.3 Å². The van der Waals surface area contributed by atoms with E-state index in [9.17, 15) is 0 Å². The number of thiophene rings is 1. The van der Waals surface area contributed by atoms with Crippen molar-refractivity contribution in [2.45, 2.75) is 77.6 Å². The van der Waals surface area contributed by atoms with Gasteiger partial charge in [0.1, 0.15) is 5.58 Å². The zero-order chi connectivity index (χ0) is 41.1. The Morgan fingerprint density at radius 1 is 0.607 bits per heavy atom. The van der Waals surface area contributed by atoms with Crippen LogP contribution in [0.15, 0.2) is 126 Å². The highest BCUT2D eigenvalue weighted by Gasteiger charge is 2.50. The van der Waals surface area contributed by atoms with E-state index < -0.39 is 0 Å². The van der Waals surface area contributed by atoms with Crippen molar-refractivity contribution in [1.29, 1.82) is 0 Å². The highest BCUT2D eigenvalue weighted by atomic mass is 32.1. The van der Waals surface area contributed by atoms with Crippen molar-refractivity contribution in [3.63, 3.8) is 0 Å². The van der Waals surface area contributed by atoms with Gasteiger partial charge in [-0.05, 0) is 110 Å². The van der Waals surface area contributed by atoms with Crippen molar-refractivity contribution < 1.29 is 4.42 Å². The van der Waals surface area contributed by atoms with Crippen LogP contribution >= 0.6 is 11.3 Å². The highest BCUT2D eigenvalue weighted by molar-refractivity contribution is 7.27. The molecule has 4 aliphatic rings. The van der Waals surface area contributed by atoms with Crippen molar-refractivity contribution in [3.8, 4) is 22.3 Å². The Balaban J connectivity index is 1.22. The van der Waals surface area contributed by atoms with Crippen molar-refractivity contribution in [3.05, 3.63) is 149 Å². The molecule has 5 heterocycles. The van der Waals surface area contributed by atoms with Crippen LogP contribution in [0.3, 0.4) is 0 Å². The maximum Gasteiger partial charge on any atom is 0.333 e. The van der Waals surface area contributed by atoms with Gasteiger partial charge in [0.2, 0.25) is 0 Å². The molecular formula is C56H45BN2OS. The molecule has 0 saturated carbocycles. The molecule has 0 bridgehead atoms. The minimum atomic E-state index is -0.201. The Morgan fingerprint density at radius 3 is 2.15 bits per heavy atom. The van der Waals surface area contributed by atoms with Gasteiger partial charge in [-0.25, -0.2) is 0 Å². The van der Waals surface area contributed by atoms with Crippen LogP contribution in [0.4, 0.5) is 17.1 Å². The molecular weight excluding hydrogens is 760 g/mol. The lowest BCUT2D eigenvalue weighted by Gasteiger charge is -2.45. The summed E-state index contributed by atoms with van der Waals surface area (Å²) in [7, 11) is 0. The lowest BCUT2D eigenvalue weighted by molar-refractivity contribution is 0.332. The molecule has 61 heavy (non-hydrogen) atoms. The van der Waals surface area contributed by atoms with Crippen molar-refractivity contribution in [2.75, 3.05) is 4.90 Å². The third-order valence-corrected chi connectivity index (χ3v) is 16.9. The first-order chi connectivity index (χ1) is 29.4. The summed E-state index contributed by atoms with van der Waals surface area (Å²) in [4.78, 5) is 2.66. The van der Waals surface area contributed by atoms with E-state index in [4.69, 9.17) is 4.42 Å². The largest absolute Gasteiger partial charge is 0.454 e. The SMILES string of the molecule is Cc1cc2c(cc1N1c3cc4c(c5c3B(c3ccc6c(oc7ccccc76)c31)n1c3c-5cccc3c3sc5ccccc5c31)C(C)(C)c1ccccc1-4)C(C)(C)CCC2(C)C. The first kappa shape index (κ1) is 34.7. The first-order valence-corrected chi connectivity index (χ1v) is 22.9. The Kier molecular flexibility index (Phi) is 6.29. The smallest absolute Gasteiger partial charge is 0.333 e. The fourth-order valence-electron chi connectivity index (χ4n) is 12.7. The van der Waals surface area contributed by atoms with Crippen molar-refractivity contribution in [1.82, 2.24) is 4.48 Å². The molecule has 0 unspecified atom stereocenters. The number of hydrogen-bond donors (Lipinski definition) is 0. The van der Waals surface area contributed by atoms with E-state index >= 15 is 0 Å². The van der Waals surface area contributed by atoms with Gasteiger partial charge in [-0.15, -0.1) is 11.3 Å². The molecule has 3 nitrogen and oxygen atoms in total. The van der Waals surface area contributed by atoms with Crippen LogP contribution in [0.25, 0.3) is 75.4 Å². The zero-order valence-corrected chi connectivity index (χ0v) is 36.6. The van der Waals surface area contributed by atoms with E-state index in [-0.39, 0.29) is 23.1 Å². The minimum Gasteiger partial charge on any atom is -0.454 e. The molecule has 0 spiro atoms. The molecule has 0 fully saturated rings. The predicted octanol–water partition coefficient (Wildman–Crippen LogP) is 14.3. The number of hydrogen-bond acceptors (Lipinski definition) is 3. The number of anilines is 3. The van der Waals surface area contributed by atoms with Crippen LogP contribution < -0.4 is 15.8 Å². The number of rotatable bonds is 1. The van der Waals surface area contributed by atoms with E-state index in [0.29, 0.717) is 0 Å². The molecule has 5 heteroatoms. The second-order valence-electron chi connectivity index (χ2n) is 20.3. The van der Waals surface area contributed by atoms with Gasteiger partial charge in [0.25, 0.3) is 0 Å². The molecule has 3 aromatic heterocycles. The van der Waals surface area contributed by atoms with Crippen LogP contribution in [0.1, 0.15) is 82.2 Å². The Morgan fingerprint density at radius 2 is 1.31 bits per heavy atom. The lowest BCUT2D eigenvalue weighted by Crippen LogP contribution is -2.57. The van der Waals surface area contributed by atoms with Gasteiger partial charge < -0.3 is 13.8 Å². The minimum absolute atomic E-state index is 0.0431. The average molecular weight is 805 g/mol. The Labute approximate surface area is 360 Å². The van der Waals surface area contributed by atoms with E-state index in [2.05, 4.69) is 179 Å². The third-order valence-electron chi connectivity index (χ3n) is 15.7. The molecule has 2 aliphatic carbocycles. The summed E-state index contributed by atoms with van der Waals surface area (Å²) in [6.07, 6.45) is 2.34. The number of para-hydroxylation sites is 2. The number of furan rings is 1. The molecule has 2 aliphatic heterocycles. The summed E-state index contributed by atoms with van der Waals surface area (Å²) < 4.78 is 12.6. The average Bonchev–Trinajstić information content (AvgIpc) is 3.98. The summed E-state index contributed by atoms with van der Waals surface area (Å²) in [5, 5.41) is 4.99. The summed E-state index contributed by atoms with van der Waals surface area (Å²) in [5.41, 5.74) is 23.4. The normalized spacial score (nSPS) is 17.3. The molecule has 0 amide bonds. The van der Waals surface area contributed by atoms with Crippen molar-refractivity contribution in [2.24, 2.45) is 0 Å². The maximum absolute atomic E-state index is 7.19. The molecule has 294 valence electrons. The van der Waals surface area contributed by atoms with E-state index in [1.807, 2.05) is 11.3 Å². The fourth-order valence-corrected chi connectivity index (χ4v) is 13.9. The molecule has 14 rings (SSSR count). The number of aromatic nitrogens is 1. The number of nitrogens with zero attached hydrogens (tertiary/aromatic N) is 2. The van der Waals surface area contributed by atoms with E-state index in [1.165, 1.54) is 110 Å². The summed E-state index contributed by atoms with van der Waals surface area (Å²) in [6, 6.07) is 46.5. The summed E-state index contributed by atoms with van der Waals surface area (Å²) in [6.45, 7) is 17.0. The van der Waals surface area contributed by atoms with Gasteiger partial charge in [0.15, 0.2) is 5.58 Å². The third kappa shape index (κ3) is 4.08. The van der Waals surface area contributed by atoms with Gasteiger partial charge in [-0.2, -0.15) is 0 Å². The molecule has 0 N–H and O–H groups in total. The Bertz CT molecular complexity index is 3670. The van der Waals surface area contributed by atoms with Gasteiger partial charge in [-0.1, -0.05) is 139 Å². The number of aryl methyl sites for hydroxylation is 1. The highest BCUT2D eigenvalue weighted by Crippen LogP contribution is 2.59. The number of fused-ring (bicyclic) bond motifs is 18. The van der Waals surface area contributed by atoms with Crippen LogP contribution in [0.2, 0.25) is 0 Å². The summed E-state index contributed by atoms with van der Waals surface area (Å²) >= 11 is 1.94. The van der Waals surface area contributed by atoms with Gasteiger partial charge in [-0.3, -0.25) is 0 Å². The second-order valence-corrected chi connectivity index (χ2v) is 21.3. The fraction of sp³-hybridized carbons (Fsp3) is 0.214. The monoisotopic (exact) mass is 804 g/mol. The van der Waals surface area contributed by atoms with Gasteiger partial charge in [0.05, 0.1) is 15.9 Å². The van der Waals surface area contributed by atoms with Gasteiger partial charge >= 0.3 is 6.85 Å². The molecule has 0 atom stereocenters. The molecule has 0 radical (unpaired) electrons. The molecule has 10 aromatic rings. The lowest BCUT2D eigenvalue weighted by atomic mass is 9.44. The predicted molar refractivity (Wildman–Crippen MR) is 260 cm³/mol. The summed E-state index contributed by atoms with van der Waals surface area (Å²) in [5.74, 6) is 0. The van der Waals surface area contributed by atoms with E-state index in [1.54, 1.807) is 0 Å². The maximum atomic E-state index is 7.19. The standard InChI is InChI=1S/C56H45BN2OS/c1-30-27-39-40(55(4,5)26-25-54(39,2)3)29-42(30)58-43-28-37-31-15-8-11-20-38(31)56(6,7)47(37)46-35-18-14-19-36-49(35)59(50-34-17-10-13-22-45(34)61-53(36)50)57(48(43)46)41-24-23-33-32-16-9-12-21-44(32)60-52(33)51(41)58/h8-24,27-29H,25-26H2,1-7H3. The van der Waals surface area contributed by atoms with Crippen LogP contribution in [-0.2, 0) is 16.2 Å². The second kappa shape index (κ2) is 11.1. The topological polar surface area (TPSA) is 21.3 Å². The Hall–Kier alpha value is -6.04. The van der Waals surface area contributed by atoms with Crippen LogP contribution in [0.5, 0.6) is 0 Å². The first-order valence-electron chi connectivity index (χ1n) is 22.1. The van der Waals surface area contributed by atoms with Crippen molar-refractivity contribution >= 4 is 99.3 Å². The van der Waals surface area contributed by atoms with E-state index in [0.717, 1.165) is 34.0 Å². The van der Waals surface area contributed by atoms with Gasteiger partial charge in [0, 0.05) is 54.1 Å². The number of benzene rings is 7. The molecule has 0 saturated heterocycles. The molecule has 7 aromatic carbocycles. The zero-order valence-electron chi connectivity index (χ0n) is 35.7. The quantitative estimate of drug-likeness (QED) is 0.154. The van der Waals surface area contributed by atoms with Crippen LogP contribution in [0, 0.1) is 6.92 Å².